The molecule has 1 aliphatic rings. The monoisotopic (exact) mass is 165 g/mol. The molecule has 1 rings (SSSR count). The topological polar surface area (TPSA) is 26.0 Å². The lowest BCUT2D eigenvalue weighted by Crippen LogP contribution is -2.39. The van der Waals surface area contributed by atoms with Crippen molar-refractivity contribution < 1.29 is 8.78 Å². The van der Waals surface area contributed by atoms with Crippen LogP contribution < -0.4 is 5.73 Å². The maximum Gasteiger partial charge on any atom is 0.248 e. The van der Waals surface area contributed by atoms with Crippen molar-refractivity contribution in [1.82, 2.24) is 0 Å². The molecule has 0 saturated heterocycles. The molecular formula is C8H17F2N. The molecule has 0 aromatic rings. The Labute approximate surface area is 67.0 Å². The molecule has 1 saturated carbocycles. The summed E-state index contributed by atoms with van der Waals surface area (Å²) in [5.41, 5.74) is 5.12. The first-order valence-electron chi connectivity index (χ1n) is 4.13. The third kappa shape index (κ3) is 4.30. The summed E-state index contributed by atoms with van der Waals surface area (Å²) in [5, 5.41) is 0. The van der Waals surface area contributed by atoms with Gasteiger partial charge in [0.2, 0.25) is 5.92 Å². The van der Waals surface area contributed by atoms with Gasteiger partial charge in [0.1, 0.15) is 0 Å². The summed E-state index contributed by atoms with van der Waals surface area (Å²) >= 11 is 0. The molecule has 1 fully saturated rings. The summed E-state index contributed by atoms with van der Waals surface area (Å²) in [6.07, 6.45) is 1.26. The predicted molar refractivity (Wildman–Crippen MR) is 42.7 cm³/mol. The van der Waals surface area contributed by atoms with Crippen molar-refractivity contribution in [2.75, 3.05) is 6.54 Å². The van der Waals surface area contributed by atoms with Gasteiger partial charge < -0.3 is 5.73 Å². The largest absolute Gasteiger partial charge is 0.330 e. The normalized spacial score (nSPS) is 21.5. The highest BCUT2D eigenvalue weighted by Crippen LogP contribution is 2.41. The van der Waals surface area contributed by atoms with E-state index in [1.54, 1.807) is 0 Å². The molecule has 1 aliphatic carbocycles. The minimum absolute atomic E-state index is 0.00347. The fourth-order valence-electron chi connectivity index (χ4n) is 0.952. The van der Waals surface area contributed by atoms with E-state index in [4.69, 9.17) is 5.73 Å². The molecule has 3 heteroatoms. The number of hydrogen-bond acceptors (Lipinski definition) is 1. The Bertz CT molecular complexity index is 96.3. The van der Waals surface area contributed by atoms with E-state index in [1.165, 1.54) is 6.42 Å². The smallest absolute Gasteiger partial charge is 0.248 e. The van der Waals surface area contributed by atoms with Crippen LogP contribution in [0.2, 0.25) is 0 Å². The van der Waals surface area contributed by atoms with Gasteiger partial charge in [0.15, 0.2) is 0 Å². The lowest BCUT2D eigenvalue weighted by molar-refractivity contribution is -0.107. The number of rotatable bonds is 1. The molecule has 0 bridgehead atoms. The minimum Gasteiger partial charge on any atom is -0.330 e. The maximum absolute atomic E-state index is 11.9. The quantitative estimate of drug-likeness (QED) is 0.634. The van der Waals surface area contributed by atoms with Gasteiger partial charge >= 0.3 is 0 Å². The van der Waals surface area contributed by atoms with Crippen LogP contribution in [0.25, 0.3) is 0 Å². The SMILES string of the molecule is CCC.NCC1CC(F)(F)C1. The summed E-state index contributed by atoms with van der Waals surface area (Å²) in [5.74, 6) is -2.30. The van der Waals surface area contributed by atoms with Gasteiger partial charge in [-0.15, -0.1) is 0 Å². The summed E-state index contributed by atoms with van der Waals surface area (Å²) in [6.45, 7) is 4.66. The highest BCUT2D eigenvalue weighted by atomic mass is 19.3. The standard InChI is InChI=1S/C5H9F2N.C3H8/c6-5(7)1-4(2-5)3-8;1-3-2/h4H,1-3,8H2;3H2,1-2H3. The van der Waals surface area contributed by atoms with Crippen molar-refractivity contribution in [2.24, 2.45) is 11.7 Å². The Hall–Kier alpha value is -0.180. The minimum atomic E-state index is -2.38. The predicted octanol–water partition coefficient (Wildman–Crippen LogP) is 2.41. The average Bonchev–Trinajstić information content (AvgIpc) is 1.84. The van der Waals surface area contributed by atoms with Gasteiger partial charge in [0.25, 0.3) is 0 Å². The van der Waals surface area contributed by atoms with Gasteiger partial charge in [-0.05, 0) is 12.5 Å². The molecule has 68 valence electrons. The Kier molecular flexibility index (Phi) is 4.57. The Morgan fingerprint density at radius 1 is 1.36 bits per heavy atom. The van der Waals surface area contributed by atoms with Gasteiger partial charge in [-0.3, -0.25) is 0 Å². The van der Waals surface area contributed by atoms with Crippen LogP contribution in [0, 0.1) is 5.92 Å². The van der Waals surface area contributed by atoms with Crippen molar-refractivity contribution in [2.45, 2.75) is 39.0 Å². The van der Waals surface area contributed by atoms with E-state index in [0.29, 0.717) is 6.54 Å². The Morgan fingerprint density at radius 3 is 1.82 bits per heavy atom. The number of halogens is 2. The van der Waals surface area contributed by atoms with Crippen LogP contribution in [-0.2, 0) is 0 Å². The van der Waals surface area contributed by atoms with Crippen molar-refractivity contribution >= 4 is 0 Å². The van der Waals surface area contributed by atoms with Gasteiger partial charge in [-0.1, -0.05) is 20.3 Å². The van der Waals surface area contributed by atoms with Crippen LogP contribution >= 0.6 is 0 Å². The van der Waals surface area contributed by atoms with Gasteiger partial charge in [-0.25, -0.2) is 8.78 Å². The molecule has 0 aliphatic heterocycles. The molecule has 0 aromatic carbocycles. The van der Waals surface area contributed by atoms with Gasteiger partial charge in [0.05, 0.1) is 0 Å². The zero-order valence-electron chi connectivity index (χ0n) is 7.24. The van der Waals surface area contributed by atoms with Crippen molar-refractivity contribution in [3.63, 3.8) is 0 Å². The molecule has 0 aromatic heterocycles. The first-order valence-corrected chi connectivity index (χ1v) is 4.13. The van der Waals surface area contributed by atoms with Crippen LogP contribution in [0.15, 0.2) is 0 Å². The third-order valence-corrected chi connectivity index (χ3v) is 1.51. The lowest BCUT2D eigenvalue weighted by atomic mass is 9.82. The average molecular weight is 165 g/mol. The number of alkyl halides is 2. The second-order valence-electron chi connectivity index (χ2n) is 3.07. The first kappa shape index (κ1) is 10.8. The summed E-state index contributed by atoms with van der Waals surface area (Å²) < 4.78 is 23.8. The lowest BCUT2D eigenvalue weighted by Gasteiger charge is -2.33. The molecule has 2 N–H and O–H groups in total. The van der Waals surface area contributed by atoms with E-state index in [2.05, 4.69) is 13.8 Å². The Balaban J connectivity index is 0.000000292. The second kappa shape index (κ2) is 4.65. The molecule has 0 heterocycles. The summed E-state index contributed by atoms with van der Waals surface area (Å²) in [4.78, 5) is 0. The van der Waals surface area contributed by atoms with E-state index in [-0.39, 0.29) is 18.8 Å². The van der Waals surface area contributed by atoms with Crippen LogP contribution in [0.4, 0.5) is 8.78 Å². The van der Waals surface area contributed by atoms with E-state index >= 15 is 0 Å². The van der Waals surface area contributed by atoms with Gasteiger partial charge in [-0.2, -0.15) is 0 Å². The van der Waals surface area contributed by atoms with Crippen LogP contribution in [0.1, 0.15) is 33.1 Å². The zero-order chi connectivity index (χ0) is 8.91. The highest BCUT2D eigenvalue weighted by Gasteiger charge is 2.44. The van der Waals surface area contributed by atoms with Crippen LogP contribution in [0.5, 0.6) is 0 Å². The maximum atomic E-state index is 11.9. The molecule has 11 heavy (non-hydrogen) atoms. The zero-order valence-corrected chi connectivity index (χ0v) is 7.24. The summed E-state index contributed by atoms with van der Waals surface area (Å²) in [6, 6.07) is 0. The molecular weight excluding hydrogens is 148 g/mol. The van der Waals surface area contributed by atoms with Crippen LogP contribution in [-0.4, -0.2) is 12.5 Å². The molecule has 0 atom stereocenters. The van der Waals surface area contributed by atoms with E-state index in [1.807, 2.05) is 0 Å². The fourth-order valence-corrected chi connectivity index (χ4v) is 0.952. The van der Waals surface area contributed by atoms with E-state index in [9.17, 15) is 8.78 Å². The van der Waals surface area contributed by atoms with Gasteiger partial charge in [0, 0.05) is 12.8 Å². The third-order valence-electron chi connectivity index (χ3n) is 1.51. The van der Waals surface area contributed by atoms with Crippen molar-refractivity contribution in [1.29, 1.82) is 0 Å². The first-order chi connectivity index (χ1) is 5.05. The molecule has 0 amide bonds. The van der Waals surface area contributed by atoms with Crippen LogP contribution in [0.3, 0.4) is 0 Å². The number of nitrogens with two attached hydrogens (primary N) is 1. The second-order valence-corrected chi connectivity index (χ2v) is 3.07. The van der Waals surface area contributed by atoms with Crippen molar-refractivity contribution in [3.05, 3.63) is 0 Å². The summed E-state index contributed by atoms with van der Waals surface area (Å²) in [7, 11) is 0. The molecule has 0 spiro atoms. The number of hydrogen-bond donors (Lipinski definition) is 1. The van der Waals surface area contributed by atoms with E-state index < -0.39 is 5.92 Å². The highest BCUT2D eigenvalue weighted by molar-refractivity contribution is 4.86. The van der Waals surface area contributed by atoms with Crippen molar-refractivity contribution in [3.8, 4) is 0 Å². The Morgan fingerprint density at radius 2 is 1.73 bits per heavy atom. The molecule has 1 nitrogen and oxygen atoms in total. The molecule has 0 radical (unpaired) electrons. The van der Waals surface area contributed by atoms with E-state index in [0.717, 1.165) is 0 Å². The fraction of sp³-hybridized carbons (Fsp3) is 1.00. The molecule has 0 unspecified atom stereocenters.